The zero-order valence-electron chi connectivity index (χ0n) is 15.7. The molecular formula is C20H32N2O3. The molecule has 0 saturated carbocycles. The maximum Gasteiger partial charge on any atom is 0.165 e. The van der Waals surface area contributed by atoms with Crippen molar-refractivity contribution in [3.63, 3.8) is 0 Å². The fourth-order valence-corrected chi connectivity index (χ4v) is 4.25. The van der Waals surface area contributed by atoms with Gasteiger partial charge in [0.15, 0.2) is 11.5 Å². The molecule has 2 fully saturated rings. The molecule has 140 valence electrons. The average Bonchev–Trinajstić information content (AvgIpc) is 2.69. The van der Waals surface area contributed by atoms with E-state index in [-0.39, 0.29) is 5.54 Å². The lowest BCUT2D eigenvalue weighted by molar-refractivity contribution is -0.0358. The van der Waals surface area contributed by atoms with E-state index in [1.54, 1.807) is 14.2 Å². The summed E-state index contributed by atoms with van der Waals surface area (Å²) in [6.45, 7) is 5.99. The van der Waals surface area contributed by atoms with Crippen LogP contribution in [0.25, 0.3) is 0 Å². The van der Waals surface area contributed by atoms with Crippen LogP contribution in [0.3, 0.4) is 0 Å². The smallest absolute Gasteiger partial charge is 0.165 e. The minimum absolute atomic E-state index is 0.241. The van der Waals surface area contributed by atoms with E-state index in [0.717, 1.165) is 56.2 Å². The highest BCUT2D eigenvalue weighted by Crippen LogP contribution is 2.32. The molecule has 0 bridgehead atoms. The van der Waals surface area contributed by atoms with E-state index in [1.165, 1.54) is 32.4 Å². The molecule has 0 aromatic heterocycles. The van der Waals surface area contributed by atoms with Gasteiger partial charge in [-0.1, -0.05) is 18.6 Å². The van der Waals surface area contributed by atoms with Gasteiger partial charge in [0.25, 0.3) is 0 Å². The number of benzene rings is 1. The van der Waals surface area contributed by atoms with Gasteiger partial charge in [-0.05, 0) is 44.8 Å². The molecule has 1 aromatic carbocycles. The summed E-state index contributed by atoms with van der Waals surface area (Å²) in [6.07, 6.45) is 6.26. The first-order chi connectivity index (χ1) is 12.3. The lowest BCUT2D eigenvalue weighted by Gasteiger charge is -2.48. The van der Waals surface area contributed by atoms with E-state index in [4.69, 9.17) is 14.2 Å². The number of hydrogen-bond donors (Lipinski definition) is 1. The van der Waals surface area contributed by atoms with E-state index < -0.39 is 0 Å². The normalized spacial score (nSPS) is 21.0. The second kappa shape index (κ2) is 8.88. The SMILES string of the molecule is COc1cccc(CNCC2(N3CCCCC3)CCOCC2)c1OC. The number of rotatable bonds is 7. The molecule has 5 heteroatoms. The van der Waals surface area contributed by atoms with Crippen LogP contribution in [0.1, 0.15) is 37.7 Å². The third-order valence-electron chi connectivity index (χ3n) is 5.70. The minimum atomic E-state index is 0.241. The van der Waals surface area contributed by atoms with Crippen molar-refractivity contribution in [3.8, 4) is 11.5 Å². The summed E-state index contributed by atoms with van der Waals surface area (Å²) in [5.74, 6) is 1.62. The number of methoxy groups -OCH3 is 2. The second-order valence-electron chi connectivity index (χ2n) is 7.14. The molecule has 1 aromatic rings. The van der Waals surface area contributed by atoms with Crippen molar-refractivity contribution >= 4 is 0 Å². The van der Waals surface area contributed by atoms with Gasteiger partial charge in [0.1, 0.15) is 0 Å². The van der Waals surface area contributed by atoms with Crippen LogP contribution in [0.2, 0.25) is 0 Å². The molecule has 2 saturated heterocycles. The summed E-state index contributed by atoms with van der Waals surface area (Å²) in [5.41, 5.74) is 1.38. The Bertz CT molecular complexity index is 538. The summed E-state index contributed by atoms with van der Waals surface area (Å²) in [4.78, 5) is 2.72. The van der Waals surface area contributed by atoms with Gasteiger partial charge in [0.2, 0.25) is 0 Å². The number of nitrogens with one attached hydrogen (secondary N) is 1. The van der Waals surface area contributed by atoms with E-state index in [0.29, 0.717) is 0 Å². The predicted octanol–water partition coefficient (Wildman–Crippen LogP) is 2.83. The first-order valence-electron chi connectivity index (χ1n) is 9.52. The topological polar surface area (TPSA) is 43.0 Å². The van der Waals surface area contributed by atoms with E-state index >= 15 is 0 Å². The quantitative estimate of drug-likeness (QED) is 0.821. The van der Waals surface area contributed by atoms with Crippen LogP contribution in [0, 0.1) is 0 Å². The van der Waals surface area contributed by atoms with Gasteiger partial charge in [-0.3, -0.25) is 4.90 Å². The summed E-state index contributed by atoms with van der Waals surface area (Å²) >= 11 is 0. The van der Waals surface area contributed by atoms with Crippen LogP contribution < -0.4 is 14.8 Å². The van der Waals surface area contributed by atoms with Crippen LogP contribution in [-0.2, 0) is 11.3 Å². The molecule has 0 aliphatic carbocycles. The average molecular weight is 348 g/mol. The van der Waals surface area contributed by atoms with Crippen LogP contribution >= 0.6 is 0 Å². The highest BCUT2D eigenvalue weighted by molar-refractivity contribution is 5.46. The molecule has 0 spiro atoms. The van der Waals surface area contributed by atoms with Gasteiger partial charge in [0.05, 0.1) is 14.2 Å². The Morgan fingerprint density at radius 2 is 1.84 bits per heavy atom. The molecule has 0 amide bonds. The Kier molecular flexibility index (Phi) is 6.57. The van der Waals surface area contributed by atoms with Crippen molar-refractivity contribution in [2.75, 3.05) is 47.1 Å². The molecule has 2 aliphatic rings. The number of nitrogens with zero attached hydrogens (tertiary/aromatic N) is 1. The number of piperidine rings is 1. The maximum absolute atomic E-state index is 5.66. The van der Waals surface area contributed by atoms with E-state index in [1.807, 2.05) is 12.1 Å². The van der Waals surface area contributed by atoms with Crippen LogP contribution in [-0.4, -0.2) is 57.5 Å². The standard InChI is InChI=1S/C20H32N2O3/c1-23-18-8-6-7-17(19(18)24-2)15-21-16-20(9-13-25-14-10-20)22-11-4-3-5-12-22/h6-8,21H,3-5,9-16H2,1-2H3. The van der Waals surface area contributed by atoms with Gasteiger partial charge >= 0.3 is 0 Å². The lowest BCUT2D eigenvalue weighted by Crippen LogP contribution is -2.59. The van der Waals surface area contributed by atoms with Crippen molar-refractivity contribution in [3.05, 3.63) is 23.8 Å². The third-order valence-corrected chi connectivity index (χ3v) is 5.70. The summed E-state index contributed by atoms with van der Waals surface area (Å²) in [5, 5.41) is 3.70. The highest BCUT2D eigenvalue weighted by atomic mass is 16.5. The van der Waals surface area contributed by atoms with Crippen LogP contribution in [0.4, 0.5) is 0 Å². The van der Waals surface area contributed by atoms with E-state index in [9.17, 15) is 0 Å². The van der Waals surface area contributed by atoms with Crippen molar-refractivity contribution in [1.29, 1.82) is 0 Å². The lowest BCUT2D eigenvalue weighted by atomic mass is 9.86. The van der Waals surface area contributed by atoms with Gasteiger partial charge in [-0.2, -0.15) is 0 Å². The molecular weight excluding hydrogens is 316 g/mol. The predicted molar refractivity (Wildman–Crippen MR) is 99.5 cm³/mol. The van der Waals surface area contributed by atoms with Gasteiger partial charge in [-0.15, -0.1) is 0 Å². The number of para-hydroxylation sites is 1. The van der Waals surface area contributed by atoms with Crippen molar-refractivity contribution in [2.24, 2.45) is 0 Å². The Balaban J connectivity index is 1.66. The monoisotopic (exact) mass is 348 g/mol. The largest absolute Gasteiger partial charge is 0.493 e. The van der Waals surface area contributed by atoms with Crippen molar-refractivity contribution in [1.82, 2.24) is 10.2 Å². The zero-order chi connectivity index (χ0) is 17.5. The molecule has 0 atom stereocenters. The van der Waals surface area contributed by atoms with Crippen LogP contribution in [0.15, 0.2) is 18.2 Å². The molecule has 0 unspecified atom stereocenters. The van der Waals surface area contributed by atoms with Crippen molar-refractivity contribution in [2.45, 2.75) is 44.2 Å². The molecule has 5 nitrogen and oxygen atoms in total. The molecule has 0 radical (unpaired) electrons. The molecule has 1 N–H and O–H groups in total. The summed E-state index contributed by atoms with van der Waals surface area (Å²) in [7, 11) is 3.39. The van der Waals surface area contributed by atoms with Gasteiger partial charge in [-0.25, -0.2) is 0 Å². The van der Waals surface area contributed by atoms with Gasteiger partial charge < -0.3 is 19.5 Å². The molecule has 2 heterocycles. The Labute approximate surface area is 151 Å². The fourth-order valence-electron chi connectivity index (χ4n) is 4.25. The fraction of sp³-hybridized carbons (Fsp3) is 0.700. The first-order valence-corrected chi connectivity index (χ1v) is 9.52. The second-order valence-corrected chi connectivity index (χ2v) is 7.14. The maximum atomic E-state index is 5.66. The Hall–Kier alpha value is -1.30. The first kappa shape index (κ1) is 18.5. The highest BCUT2D eigenvalue weighted by Gasteiger charge is 2.38. The van der Waals surface area contributed by atoms with Gasteiger partial charge in [0, 0.05) is 37.4 Å². The Morgan fingerprint density at radius 1 is 1.08 bits per heavy atom. The van der Waals surface area contributed by atoms with Crippen molar-refractivity contribution < 1.29 is 14.2 Å². The minimum Gasteiger partial charge on any atom is -0.493 e. The molecule has 2 aliphatic heterocycles. The third kappa shape index (κ3) is 4.27. The number of likely N-dealkylation sites (tertiary alicyclic amines) is 1. The number of hydrogen-bond acceptors (Lipinski definition) is 5. The summed E-state index contributed by atoms with van der Waals surface area (Å²) in [6, 6.07) is 6.06. The Morgan fingerprint density at radius 3 is 2.52 bits per heavy atom. The zero-order valence-corrected chi connectivity index (χ0v) is 15.7. The van der Waals surface area contributed by atoms with Crippen LogP contribution in [0.5, 0.6) is 11.5 Å². The molecule has 25 heavy (non-hydrogen) atoms. The number of ether oxygens (including phenoxy) is 3. The molecule has 3 rings (SSSR count). The van der Waals surface area contributed by atoms with E-state index in [2.05, 4.69) is 16.3 Å². The summed E-state index contributed by atoms with van der Waals surface area (Å²) < 4.78 is 16.6.